The molecular formula is C14H17N3OS. The van der Waals surface area contributed by atoms with Gasteiger partial charge in [0.2, 0.25) is 0 Å². The van der Waals surface area contributed by atoms with Crippen molar-refractivity contribution in [2.24, 2.45) is 10.7 Å². The third-order valence-electron chi connectivity index (χ3n) is 3.14. The first-order valence-corrected chi connectivity index (χ1v) is 7.27. The van der Waals surface area contributed by atoms with Crippen LogP contribution < -0.4 is 11.1 Å². The summed E-state index contributed by atoms with van der Waals surface area (Å²) in [5.41, 5.74) is 5.75. The van der Waals surface area contributed by atoms with Gasteiger partial charge in [0.15, 0.2) is 5.96 Å². The van der Waals surface area contributed by atoms with Crippen LogP contribution in [0.5, 0.6) is 0 Å². The van der Waals surface area contributed by atoms with Crippen LogP contribution in [0.3, 0.4) is 0 Å². The molecule has 4 N–H and O–H groups in total. The minimum Gasteiger partial charge on any atom is -0.386 e. The van der Waals surface area contributed by atoms with Crippen LogP contribution in [0.1, 0.15) is 23.8 Å². The van der Waals surface area contributed by atoms with E-state index in [4.69, 9.17) is 5.73 Å². The second-order valence-corrected chi connectivity index (χ2v) is 5.96. The minimum atomic E-state index is -0.586. The van der Waals surface area contributed by atoms with Crippen LogP contribution >= 0.6 is 11.3 Å². The highest BCUT2D eigenvalue weighted by molar-refractivity contribution is 7.19. The van der Waals surface area contributed by atoms with Crippen LogP contribution in [0.2, 0.25) is 0 Å². The first-order valence-electron chi connectivity index (χ1n) is 6.45. The van der Waals surface area contributed by atoms with Gasteiger partial charge in [-0.15, -0.1) is 11.3 Å². The van der Waals surface area contributed by atoms with E-state index in [0.717, 1.165) is 23.1 Å². The van der Waals surface area contributed by atoms with E-state index in [9.17, 15) is 5.11 Å². The molecule has 4 nitrogen and oxygen atoms in total. The monoisotopic (exact) mass is 275 g/mol. The summed E-state index contributed by atoms with van der Waals surface area (Å²) in [5.74, 6) is 0.433. The van der Waals surface area contributed by atoms with Crippen LogP contribution in [0.15, 0.2) is 35.3 Å². The Hall–Kier alpha value is -1.59. The molecule has 19 heavy (non-hydrogen) atoms. The largest absolute Gasteiger partial charge is 0.386 e. The Bertz CT molecular complexity index is 571. The normalized spacial score (nSPS) is 17.6. The van der Waals surface area contributed by atoms with Gasteiger partial charge in [-0.25, -0.2) is 0 Å². The molecular weight excluding hydrogens is 258 g/mol. The number of aliphatic imine (C=N–C) groups is 1. The number of thiophene rings is 1. The topological polar surface area (TPSA) is 70.6 Å². The van der Waals surface area contributed by atoms with Gasteiger partial charge in [-0.2, -0.15) is 0 Å². The van der Waals surface area contributed by atoms with E-state index in [1.54, 1.807) is 11.3 Å². The molecule has 0 aliphatic heterocycles. The van der Waals surface area contributed by atoms with Crippen molar-refractivity contribution < 1.29 is 5.11 Å². The number of hydrogen-bond acceptors (Lipinski definition) is 3. The number of nitrogens with two attached hydrogens (primary N) is 1. The molecule has 0 saturated heterocycles. The summed E-state index contributed by atoms with van der Waals surface area (Å²) >= 11 is 1.60. The van der Waals surface area contributed by atoms with Gasteiger partial charge in [0.05, 0.1) is 6.54 Å². The third kappa shape index (κ3) is 3.05. The summed E-state index contributed by atoms with van der Waals surface area (Å²) in [7, 11) is 0. The number of nitrogens with zero attached hydrogens (tertiary/aromatic N) is 1. The lowest BCUT2D eigenvalue weighted by atomic mass is 10.2. The maximum absolute atomic E-state index is 10.1. The number of nitrogens with one attached hydrogen (secondary N) is 1. The van der Waals surface area contributed by atoms with Crippen molar-refractivity contribution in [3.05, 3.63) is 35.2 Å². The molecule has 0 radical (unpaired) electrons. The third-order valence-corrected chi connectivity index (χ3v) is 4.35. The first-order chi connectivity index (χ1) is 9.22. The molecule has 1 atom stereocenters. The summed E-state index contributed by atoms with van der Waals surface area (Å²) in [6.45, 7) is 0.304. The average Bonchev–Trinajstić information content (AvgIpc) is 3.10. The number of aliphatic hydroxyl groups excluding tert-OH is 1. The number of guanidine groups is 1. The summed E-state index contributed by atoms with van der Waals surface area (Å²) in [6, 6.07) is 10.6. The molecule has 0 amide bonds. The Balaban J connectivity index is 1.67. The predicted octanol–water partition coefficient (Wildman–Crippen LogP) is 2.00. The summed E-state index contributed by atoms with van der Waals surface area (Å²) in [5, 5.41) is 14.4. The lowest BCUT2D eigenvalue weighted by molar-refractivity contribution is 0.191. The van der Waals surface area contributed by atoms with E-state index in [1.807, 2.05) is 24.3 Å². The van der Waals surface area contributed by atoms with Gasteiger partial charge in [-0.1, -0.05) is 18.2 Å². The molecule has 1 heterocycles. The zero-order chi connectivity index (χ0) is 13.2. The summed E-state index contributed by atoms with van der Waals surface area (Å²) < 4.78 is 1.18. The van der Waals surface area contributed by atoms with E-state index >= 15 is 0 Å². The molecule has 0 bridgehead atoms. The number of benzene rings is 1. The van der Waals surface area contributed by atoms with Crippen LogP contribution in [0, 0.1) is 0 Å². The Morgan fingerprint density at radius 3 is 3.00 bits per heavy atom. The van der Waals surface area contributed by atoms with E-state index in [2.05, 4.69) is 16.4 Å². The van der Waals surface area contributed by atoms with E-state index in [1.165, 1.54) is 4.70 Å². The molecule has 1 aliphatic rings. The number of aliphatic hydroxyl groups is 1. The molecule has 100 valence electrons. The van der Waals surface area contributed by atoms with Crippen molar-refractivity contribution in [3.63, 3.8) is 0 Å². The number of fused-ring (bicyclic) bond motifs is 1. The standard InChI is InChI=1S/C14H17N3OS/c15-14(17-10-5-6-10)16-8-11(18)13-7-9-3-1-2-4-12(9)19-13/h1-4,7,10-11,18H,5-6,8H2,(H3,15,16,17). The van der Waals surface area contributed by atoms with Crippen LogP contribution in [-0.4, -0.2) is 23.7 Å². The molecule has 1 fully saturated rings. The highest BCUT2D eigenvalue weighted by Crippen LogP contribution is 2.29. The van der Waals surface area contributed by atoms with Crippen molar-refractivity contribution in [3.8, 4) is 0 Å². The Kier molecular flexibility index (Phi) is 3.40. The Morgan fingerprint density at radius 2 is 2.26 bits per heavy atom. The lowest BCUT2D eigenvalue weighted by Crippen LogP contribution is -2.33. The lowest BCUT2D eigenvalue weighted by Gasteiger charge is -2.06. The maximum Gasteiger partial charge on any atom is 0.188 e. The average molecular weight is 275 g/mol. The smallest absolute Gasteiger partial charge is 0.188 e. The van der Waals surface area contributed by atoms with Crippen LogP contribution in [-0.2, 0) is 0 Å². The van der Waals surface area contributed by atoms with Gasteiger partial charge in [0.1, 0.15) is 6.10 Å². The minimum absolute atomic E-state index is 0.304. The molecule has 3 rings (SSSR count). The van der Waals surface area contributed by atoms with E-state index in [0.29, 0.717) is 18.5 Å². The fourth-order valence-electron chi connectivity index (χ4n) is 1.92. The van der Waals surface area contributed by atoms with Gasteiger partial charge >= 0.3 is 0 Å². The van der Waals surface area contributed by atoms with Gasteiger partial charge in [-0.3, -0.25) is 4.99 Å². The van der Waals surface area contributed by atoms with E-state index in [-0.39, 0.29) is 0 Å². The van der Waals surface area contributed by atoms with Crippen molar-refractivity contribution in [1.82, 2.24) is 5.32 Å². The molecule has 2 aromatic rings. The molecule has 1 aromatic carbocycles. The highest BCUT2D eigenvalue weighted by atomic mass is 32.1. The van der Waals surface area contributed by atoms with Crippen LogP contribution in [0.4, 0.5) is 0 Å². The molecule has 5 heteroatoms. The SMILES string of the molecule is NC(=NCC(O)c1cc2ccccc2s1)NC1CC1. The fraction of sp³-hybridized carbons (Fsp3) is 0.357. The predicted molar refractivity (Wildman–Crippen MR) is 79.4 cm³/mol. The molecule has 1 aliphatic carbocycles. The van der Waals surface area contributed by atoms with Crippen molar-refractivity contribution in [2.75, 3.05) is 6.54 Å². The zero-order valence-corrected chi connectivity index (χ0v) is 11.4. The number of hydrogen-bond donors (Lipinski definition) is 3. The Labute approximate surface area is 116 Å². The van der Waals surface area contributed by atoms with Crippen LogP contribution in [0.25, 0.3) is 10.1 Å². The second-order valence-electron chi connectivity index (χ2n) is 4.85. The van der Waals surface area contributed by atoms with Gasteiger partial charge < -0.3 is 16.2 Å². The zero-order valence-electron chi connectivity index (χ0n) is 10.5. The van der Waals surface area contributed by atoms with Gasteiger partial charge in [0, 0.05) is 15.6 Å². The summed E-state index contributed by atoms with van der Waals surface area (Å²) in [4.78, 5) is 5.13. The molecule has 1 aromatic heterocycles. The van der Waals surface area contributed by atoms with Gasteiger partial charge in [-0.05, 0) is 30.4 Å². The maximum atomic E-state index is 10.1. The molecule has 1 unspecified atom stereocenters. The first kappa shape index (κ1) is 12.4. The quantitative estimate of drug-likeness (QED) is 0.590. The molecule has 1 saturated carbocycles. The summed E-state index contributed by atoms with van der Waals surface area (Å²) in [6.07, 6.45) is 1.74. The number of rotatable bonds is 4. The highest BCUT2D eigenvalue weighted by Gasteiger charge is 2.21. The second kappa shape index (κ2) is 5.19. The fourth-order valence-corrected chi connectivity index (χ4v) is 2.97. The van der Waals surface area contributed by atoms with E-state index < -0.39 is 6.10 Å². The van der Waals surface area contributed by atoms with Crippen molar-refractivity contribution in [1.29, 1.82) is 0 Å². The Morgan fingerprint density at radius 1 is 1.47 bits per heavy atom. The molecule has 0 spiro atoms. The van der Waals surface area contributed by atoms with Crippen molar-refractivity contribution >= 4 is 27.4 Å². The van der Waals surface area contributed by atoms with Gasteiger partial charge in [0.25, 0.3) is 0 Å². The van der Waals surface area contributed by atoms with Crippen molar-refractivity contribution in [2.45, 2.75) is 25.0 Å².